The Kier molecular flexibility index (Phi) is 4.98. The summed E-state index contributed by atoms with van der Waals surface area (Å²) in [5, 5.41) is 0. The largest absolute Gasteiger partial charge is 0.416 e. The standard InChI is InChI=1S/C18H18F3NO3S/c1-26(23,24)14-8-6-13(7-9-14)22-10-11-25-17(12-22)15-4-2-3-5-16(15)18(19,20)21/h2-9,17H,10-12H2,1H3. The molecule has 1 aliphatic rings. The molecule has 1 unspecified atom stereocenters. The number of hydrogen-bond donors (Lipinski definition) is 0. The van der Waals surface area contributed by atoms with E-state index in [1.54, 1.807) is 18.2 Å². The van der Waals surface area contributed by atoms with Gasteiger partial charge in [0, 0.05) is 25.0 Å². The van der Waals surface area contributed by atoms with Crippen molar-refractivity contribution in [3.63, 3.8) is 0 Å². The van der Waals surface area contributed by atoms with Gasteiger partial charge >= 0.3 is 6.18 Å². The van der Waals surface area contributed by atoms with Crippen LogP contribution in [0.15, 0.2) is 53.4 Å². The fourth-order valence-corrected chi connectivity index (χ4v) is 3.64. The predicted molar refractivity (Wildman–Crippen MR) is 91.9 cm³/mol. The average Bonchev–Trinajstić information content (AvgIpc) is 2.60. The Morgan fingerprint density at radius 2 is 1.73 bits per heavy atom. The zero-order valence-electron chi connectivity index (χ0n) is 14.0. The number of rotatable bonds is 3. The van der Waals surface area contributed by atoms with Gasteiger partial charge in [-0.05, 0) is 35.9 Å². The SMILES string of the molecule is CS(=O)(=O)c1ccc(N2CCOC(c3ccccc3C(F)(F)F)C2)cc1. The second kappa shape index (κ2) is 6.92. The maximum atomic E-state index is 13.3. The van der Waals surface area contributed by atoms with Gasteiger partial charge < -0.3 is 9.64 Å². The summed E-state index contributed by atoms with van der Waals surface area (Å²) in [5.41, 5.74) is 0.159. The average molecular weight is 385 g/mol. The van der Waals surface area contributed by atoms with E-state index in [0.717, 1.165) is 18.0 Å². The smallest absolute Gasteiger partial charge is 0.370 e. The fraction of sp³-hybridized carbons (Fsp3) is 0.333. The summed E-state index contributed by atoms with van der Waals surface area (Å²) in [5.74, 6) is 0. The van der Waals surface area contributed by atoms with Crippen LogP contribution in [0.4, 0.5) is 18.9 Å². The first-order chi connectivity index (χ1) is 12.2. The molecule has 0 N–H and O–H groups in total. The van der Waals surface area contributed by atoms with Crippen LogP contribution >= 0.6 is 0 Å². The van der Waals surface area contributed by atoms with E-state index in [0.29, 0.717) is 6.54 Å². The van der Waals surface area contributed by atoms with Gasteiger partial charge in [-0.1, -0.05) is 18.2 Å². The van der Waals surface area contributed by atoms with Crippen LogP contribution in [0.2, 0.25) is 0 Å². The van der Waals surface area contributed by atoms with Crippen LogP contribution in [0.25, 0.3) is 0 Å². The van der Waals surface area contributed by atoms with E-state index < -0.39 is 27.7 Å². The quantitative estimate of drug-likeness (QED) is 0.809. The van der Waals surface area contributed by atoms with Crippen LogP contribution in [-0.4, -0.2) is 34.4 Å². The van der Waals surface area contributed by atoms with Crippen LogP contribution in [0.3, 0.4) is 0 Å². The van der Waals surface area contributed by atoms with Gasteiger partial charge in [0.25, 0.3) is 0 Å². The molecule has 26 heavy (non-hydrogen) atoms. The zero-order chi connectivity index (χ0) is 18.9. The Morgan fingerprint density at radius 1 is 1.08 bits per heavy atom. The lowest BCUT2D eigenvalue weighted by Crippen LogP contribution is -2.39. The molecule has 140 valence electrons. The molecule has 8 heteroatoms. The molecule has 0 radical (unpaired) electrons. The van der Waals surface area contributed by atoms with Crippen molar-refractivity contribution < 1.29 is 26.3 Å². The molecule has 0 bridgehead atoms. The van der Waals surface area contributed by atoms with E-state index in [2.05, 4.69) is 0 Å². The summed E-state index contributed by atoms with van der Waals surface area (Å²) in [6.07, 6.45) is -4.03. The van der Waals surface area contributed by atoms with Crippen molar-refractivity contribution in [1.82, 2.24) is 0 Å². The molecule has 1 aliphatic heterocycles. The van der Waals surface area contributed by atoms with Crippen LogP contribution < -0.4 is 4.90 Å². The molecule has 0 spiro atoms. The molecule has 2 aromatic carbocycles. The third-order valence-corrected chi connectivity index (χ3v) is 5.44. The summed E-state index contributed by atoms with van der Waals surface area (Å²) >= 11 is 0. The minimum absolute atomic E-state index is 0.109. The minimum atomic E-state index is -4.45. The lowest BCUT2D eigenvalue weighted by atomic mass is 10.0. The Bertz CT molecular complexity index is 879. The Labute approximate surface area is 150 Å². The van der Waals surface area contributed by atoms with Gasteiger partial charge in [0.2, 0.25) is 0 Å². The van der Waals surface area contributed by atoms with Gasteiger partial charge in [0.05, 0.1) is 17.1 Å². The summed E-state index contributed by atoms with van der Waals surface area (Å²) < 4.78 is 68.5. The molecule has 0 aromatic heterocycles. The number of ether oxygens (including phenoxy) is 1. The molecular weight excluding hydrogens is 367 g/mol. The summed E-state index contributed by atoms with van der Waals surface area (Å²) in [6.45, 7) is 1.05. The third-order valence-electron chi connectivity index (χ3n) is 4.31. The molecule has 1 saturated heterocycles. The highest BCUT2D eigenvalue weighted by atomic mass is 32.2. The molecule has 1 heterocycles. The fourth-order valence-electron chi connectivity index (χ4n) is 3.01. The normalized spacial score (nSPS) is 18.8. The maximum Gasteiger partial charge on any atom is 0.416 e. The zero-order valence-corrected chi connectivity index (χ0v) is 14.8. The van der Waals surface area contributed by atoms with E-state index in [1.165, 1.54) is 24.3 Å². The van der Waals surface area contributed by atoms with Gasteiger partial charge in [-0.2, -0.15) is 13.2 Å². The molecule has 0 saturated carbocycles. The van der Waals surface area contributed by atoms with Gasteiger partial charge in [0.15, 0.2) is 9.84 Å². The maximum absolute atomic E-state index is 13.3. The molecule has 2 aromatic rings. The highest BCUT2D eigenvalue weighted by Crippen LogP contribution is 2.37. The Morgan fingerprint density at radius 3 is 2.35 bits per heavy atom. The molecular formula is C18H18F3NO3S. The van der Waals surface area contributed by atoms with Crippen LogP contribution in [0, 0.1) is 0 Å². The number of halogens is 3. The van der Waals surface area contributed by atoms with Crippen molar-refractivity contribution in [3.8, 4) is 0 Å². The summed E-state index contributed by atoms with van der Waals surface area (Å²) in [6, 6.07) is 11.7. The second-order valence-corrected chi connectivity index (χ2v) is 8.17. The first-order valence-corrected chi connectivity index (χ1v) is 9.88. The summed E-state index contributed by atoms with van der Waals surface area (Å²) in [4.78, 5) is 2.10. The molecule has 4 nitrogen and oxygen atoms in total. The van der Waals surface area contributed by atoms with Gasteiger partial charge in [-0.3, -0.25) is 0 Å². The van der Waals surface area contributed by atoms with Crippen LogP contribution in [-0.2, 0) is 20.8 Å². The predicted octanol–water partition coefficient (Wildman–Crippen LogP) is 3.69. The lowest BCUT2D eigenvalue weighted by Gasteiger charge is -2.35. The second-order valence-electron chi connectivity index (χ2n) is 6.16. The van der Waals surface area contributed by atoms with E-state index in [9.17, 15) is 21.6 Å². The molecule has 3 rings (SSSR count). The van der Waals surface area contributed by atoms with E-state index in [1.807, 2.05) is 4.90 Å². The van der Waals surface area contributed by atoms with Crippen molar-refractivity contribution in [2.24, 2.45) is 0 Å². The Hall–Kier alpha value is -2.06. The Balaban J connectivity index is 1.85. The van der Waals surface area contributed by atoms with Crippen molar-refractivity contribution in [2.45, 2.75) is 17.2 Å². The topological polar surface area (TPSA) is 46.6 Å². The third kappa shape index (κ3) is 4.02. The molecule has 1 fully saturated rings. The molecule has 0 aliphatic carbocycles. The van der Waals surface area contributed by atoms with Crippen molar-refractivity contribution in [1.29, 1.82) is 0 Å². The number of anilines is 1. The van der Waals surface area contributed by atoms with Crippen LogP contribution in [0.5, 0.6) is 0 Å². The minimum Gasteiger partial charge on any atom is -0.370 e. The van der Waals surface area contributed by atoms with E-state index in [4.69, 9.17) is 4.74 Å². The number of sulfone groups is 1. The first kappa shape index (κ1) is 18.7. The number of morpholine rings is 1. The highest BCUT2D eigenvalue weighted by molar-refractivity contribution is 7.90. The van der Waals surface area contributed by atoms with Crippen molar-refractivity contribution in [3.05, 3.63) is 59.7 Å². The summed E-state index contributed by atoms with van der Waals surface area (Å²) in [7, 11) is -3.29. The van der Waals surface area contributed by atoms with Crippen molar-refractivity contribution in [2.75, 3.05) is 30.9 Å². The van der Waals surface area contributed by atoms with E-state index in [-0.39, 0.29) is 23.6 Å². The van der Waals surface area contributed by atoms with Gasteiger partial charge in [0.1, 0.15) is 6.10 Å². The van der Waals surface area contributed by atoms with Crippen molar-refractivity contribution >= 4 is 15.5 Å². The molecule has 1 atom stereocenters. The molecule has 0 amide bonds. The number of benzene rings is 2. The monoisotopic (exact) mass is 385 g/mol. The van der Waals surface area contributed by atoms with Gasteiger partial charge in [-0.25, -0.2) is 8.42 Å². The number of hydrogen-bond acceptors (Lipinski definition) is 4. The lowest BCUT2D eigenvalue weighted by molar-refractivity contribution is -0.139. The highest BCUT2D eigenvalue weighted by Gasteiger charge is 2.36. The van der Waals surface area contributed by atoms with Crippen LogP contribution in [0.1, 0.15) is 17.2 Å². The number of nitrogens with zero attached hydrogens (tertiary/aromatic N) is 1. The first-order valence-electron chi connectivity index (χ1n) is 7.99. The number of alkyl halides is 3. The van der Waals surface area contributed by atoms with Gasteiger partial charge in [-0.15, -0.1) is 0 Å². The van der Waals surface area contributed by atoms with E-state index >= 15 is 0 Å².